The Hall–Kier alpha value is -3.10. The molecule has 198 valence electrons. The van der Waals surface area contributed by atoms with Gasteiger partial charge in [0.25, 0.3) is 0 Å². The molecular weight excluding hydrogens is 464 g/mol. The molecular formula is C28H38O8. The molecule has 0 aromatic heterocycles. The van der Waals surface area contributed by atoms with E-state index in [1.807, 2.05) is 27.7 Å². The highest BCUT2D eigenvalue weighted by atomic mass is 16.6. The van der Waals surface area contributed by atoms with Crippen molar-refractivity contribution in [2.75, 3.05) is 13.2 Å². The monoisotopic (exact) mass is 502 g/mol. The Morgan fingerprint density at radius 3 is 1.31 bits per heavy atom. The number of carbonyl (C=O) groups is 2. The first-order valence-electron chi connectivity index (χ1n) is 12.3. The summed E-state index contributed by atoms with van der Waals surface area (Å²) in [6, 6.07) is 13.3. The van der Waals surface area contributed by atoms with Crippen LogP contribution in [0.1, 0.15) is 64.9 Å². The summed E-state index contributed by atoms with van der Waals surface area (Å²) in [6.45, 7) is 11.2. The van der Waals surface area contributed by atoms with E-state index in [4.69, 9.17) is 18.9 Å². The maximum absolute atomic E-state index is 12.4. The Kier molecular flexibility index (Phi) is 11.2. The number of carbonyl (C=O) groups excluding carboxylic acids is 2. The van der Waals surface area contributed by atoms with Crippen LogP contribution in [0.25, 0.3) is 0 Å². The lowest BCUT2D eigenvalue weighted by Crippen LogP contribution is -2.35. The Bertz CT molecular complexity index is 908. The second-order valence-corrected chi connectivity index (χ2v) is 9.03. The number of rotatable bonds is 13. The van der Waals surface area contributed by atoms with Gasteiger partial charge in [-0.3, -0.25) is 0 Å². The number of benzene rings is 2. The third-order valence-corrected chi connectivity index (χ3v) is 5.53. The summed E-state index contributed by atoms with van der Waals surface area (Å²) in [6.07, 6.45) is -4.60. The first-order chi connectivity index (χ1) is 17.1. The molecule has 36 heavy (non-hydrogen) atoms. The summed E-state index contributed by atoms with van der Waals surface area (Å²) >= 11 is 0. The van der Waals surface area contributed by atoms with Gasteiger partial charge in [-0.25, -0.2) is 9.59 Å². The Balaban J connectivity index is 2.36. The summed E-state index contributed by atoms with van der Waals surface area (Å²) in [5.74, 6) is -0.889. The van der Waals surface area contributed by atoms with Crippen LogP contribution >= 0.6 is 0 Å². The summed E-state index contributed by atoms with van der Waals surface area (Å²) in [5.41, 5.74) is 0.584. The minimum atomic E-state index is -1.42. The van der Waals surface area contributed by atoms with Crippen molar-refractivity contribution in [3.8, 4) is 11.5 Å². The lowest BCUT2D eigenvalue weighted by molar-refractivity contribution is -0.154. The first kappa shape index (κ1) is 29.1. The van der Waals surface area contributed by atoms with Crippen LogP contribution in [-0.4, -0.2) is 47.6 Å². The Labute approximate surface area is 213 Å². The molecule has 0 radical (unpaired) electrons. The predicted octanol–water partition coefficient (Wildman–Crippen LogP) is 4.39. The SMILES string of the molecule is CCOC(=O)C(Oc1ccccc1C(O)C(O)c1ccccc1OC(C(=O)OCC)C(C)C)C(C)C. The standard InChI is InChI=1S/C28H38O8/c1-7-33-27(31)25(17(3)4)35-21-15-11-9-13-19(21)23(29)24(30)20-14-10-12-16-22(20)36-26(18(5)6)28(32)34-8-2/h9-18,23-26,29-30H,7-8H2,1-6H3. The van der Waals surface area contributed by atoms with Crippen molar-refractivity contribution in [2.45, 2.75) is 66.0 Å². The fourth-order valence-electron chi connectivity index (χ4n) is 3.64. The molecule has 0 bridgehead atoms. The van der Waals surface area contributed by atoms with Crippen molar-refractivity contribution in [2.24, 2.45) is 11.8 Å². The van der Waals surface area contributed by atoms with Gasteiger partial charge in [0, 0.05) is 23.0 Å². The van der Waals surface area contributed by atoms with Gasteiger partial charge in [0.05, 0.1) is 13.2 Å². The van der Waals surface area contributed by atoms with Crippen LogP contribution < -0.4 is 9.47 Å². The molecule has 0 saturated heterocycles. The number of ether oxygens (including phenoxy) is 4. The molecule has 0 saturated carbocycles. The predicted molar refractivity (Wildman–Crippen MR) is 135 cm³/mol. The van der Waals surface area contributed by atoms with E-state index in [2.05, 4.69) is 0 Å². The topological polar surface area (TPSA) is 112 Å². The summed E-state index contributed by atoms with van der Waals surface area (Å²) in [7, 11) is 0. The Morgan fingerprint density at radius 1 is 0.667 bits per heavy atom. The molecule has 2 aromatic rings. The van der Waals surface area contributed by atoms with Crippen LogP contribution in [0.5, 0.6) is 11.5 Å². The molecule has 0 spiro atoms. The minimum absolute atomic E-state index is 0.191. The molecule has 8 heteroatoms. The maximum atomic E-state index is 12.4. The second-order valence-electron chi connectivity index (χ2n) is 9.03. The molecule has 0 aliphatic carbocycles. The van der Waals surface area contributed by atoms with Crippen LogP contribution in [0.15, 0.2) is 48.5 Å². The van der Waals surface area contributed by atoms with Gasteiger partial charge < -0.3 is 29.2 Å². The molecule has 4 unspecified atom stereocenters. The van der Waals surface area contributed by atoms with Gasteiger partial charge in [-0.1, -0.05) is 64.1 Å². The molecule has 0 heterocycles. The van der Waals surface area contributed by atoms with Crippen LogP contribution in [0.3, 0.4) is 0 Å². The van der Waals surface area contributed by atoms with E-state index in [9.17, 15) is 19.8 Å². The zero-order valence-corrected chi connectivity index (χ0v) is 21.8. The van der Waals surface area contributed by atoms with E-state index in [1.54, 1.807) is 62.4 Å². The minimum Gasteiger partial charge on any atom is -0.478 e. The van der Waals surface area contributed by atoms with Gasteiger partial charge in [-0.05, 0) is 26.0 Å². The molecule has 0 aliphatic rings. The van der Waals surface area contributed by atoms with Crippen molar-refractivity contribution in [3.63, 3.8) is 0 Å². The van der Waals surface area contributed by atoms with Crippen LogP contribution in [-0.2, 0) is 19.1 Å². The van der Waals surface area contributed by atoms with E-state index < -0.39 is 36.4 Å². The Morgan fingerprint density at radius 2 is 1.00 bits per heavy atom. The van der Waals surface area contributed by atoms with E-state index in [-0.39, 0.29) is 36.5 Å². The quantitative estimate of drug-likeness (QED) is 0.388. The number of esters is 2. The smallest absolute Gasteiger partial charge is 0.347 e. The van der Waals surface area contributed by atoms with Crippen LogP contribution in [0.4, 0.5) is 0 Å². The molecule has 0 fully saturated rings. The van der Waals surface area contributed by atoms with Gasteiger partial charge in [-0.2, -0.15) is 0 Å². The second kappa shape index (κ2) is 13.8. The fraction of sp³-hybridized carbons (Fsp3) is 0.500. The van der Waals surface area contributed by atoms with E-state index in [1.165, 1.54) is 0 Å². The molecule has 0 aliphatic heterocycles. The average molecular weight is 503 g/mol. The average Bonchev–Trinajstić information content (AvgIpc) is 2.85. The van der Waals surface area contributed by atoms with Crippen molar-refractivity contribution in [1.29, 1.82) is 0 Å². The lowest BCUT2D eigenvalue weighted by atomic mass is 9.96. The number of hydrogen-bond acceptors (Lipinski definition) is 8. The molecule has 4 atom stereocenters. The third kappa shape index (κ3) is 7.45. The molecule has 0 amide bonds. The van der Waals surface area contributed by atoms with Crippen molar-refractivity contribution >= 4 is 11.9 Å². The van der Waals surface area contributed by atoms with Gasteiger partial charge in [0.2, 0.25) is 0 Å². The maximum Gasteiger partial charge on any atom is 0.347 e. The van der Waals surface area contributed by atoms with Gasteiger partial charge in [-0.15, -0.1) is 0 Å². The van der Waals surface area contributed by atoms with Gasteiger partial charge in [0.15, 0.2) is 12.2 Å². The van der Waals surface area contributed by atoms with Gasteiger partial charge in [0.1, 0.15) is 23.7 Å². The highest BCUT2D eigenvalue weighted by Gasteiger charge is 2.32. The normalized spacial score (nSPS) is 14.6. The summed E-state index contributed by atoms with van der Waals surface area (Å²) in [5, 5.41) is 22.4. The van der Waals surface area contributed by atoms with E-state index in [0.717, 1.165) is 0 Å². The highest BCUT2D eigenvalue weighted by Crippen LogP contribution is 2.38. The number of aliphatic hydroxyl groups excluding tert-OH is 2. The first-order valence-corrected chi connectivity index (χ1v) is 12.3. The molecule has 2 aromatic carbocycles. The van der Waals surface area contributed by atoms with Crippen LogP contribution in [0, 0.1) is 11.8 Å². The number of hydrogen-bond donors (Lipinski definition) is 2. The van der Waals surface area contributed by atoms with E-state index in [0.29, 0.717) is 11.1 Å². The van der Waals surface area contributed by atoms with Gasteiger partial charge >= 0.3 is 11.9 Å². The highest BCUT2D eigenvalue weighted by molar-refractivity contribution is 5.76. The van der Waals surface area contributed by atoms with Crippen LogP contribution in [0.2, 0.25) is 0 Å². The lowest BCUT2D eigenvalue weighted by Gasteiger charge is -2.27. The molecule has 8 nitrogen and oxygen atoms in total. The summed E-state index contributed by atoms with van der Waals surface area (Å²) < 4.78 is 22.2. The van der Waals surface area contributed by atoms with Crippen molar-refractivity contribution < 1.29 is 38.7 Å². The van der Waals surface area contributed by atoms with Crippen molar-refractivity contribution in [1.82, 2.24) is 0 Å². The zero-order chi connectivity index (χ0) is 26.8. The third-order valence-electron chi connectivity index (χ3n) is 5.53. The largest absolute Gasteiger partial charge is 0.478 e. The summed E-state index contributed by atoms with van der Waals surface area (Å²) in [4.78, 5) is 24.8. The number of para-hydroxylation sites is 2. The molecule has 2 N–H and O–H groups in total. The number of aliphatic hydroxyl groups is 2. The fourth-order valence-corrected chi connectivity index (χ4v) is 3.64. The van der Waals surface area contributed by atoms with Crippen molar-refractivity contribution in [3.05, 3.63) is 59.7 Å². The molecule has 2 rings (SSSR count). The van der Waals surface area contributed by atoms with E-state index >= 15 is 0 Å². The zero-order valence-electron chi connectivity index (χ0n) is 21.8.